The van der Waals surface area contributed by atoms with Gasteiger partial charge in [0, 0.05) is 38.6 Å². The van der Waals surface area contributed by atoms with Crippen molar-refractivity contribution in [3.63, 3.8) is 0 Å². The number of hydrogen-bond donors (Lipinski definition) is 1. The summed E-state index contributed by atoms with van der Waals surface area (Å²) in [5.41, 5.74) is 0.933. The summed E-state index contributed by atoms with van der Waals surface area (Å²) in [6.45, 7) is 3.33. The van der Waals surface area contributed by atoms with Crippen LogP contribution in [0, 0.1) is 0 Å². The molecule has 106 valence electrons. The van der Waals surface area contributed by atoms with E-state index >= 15 is 0 Å². The molecule has 0 radical (unpaired) electrons. The van der Waals surface area contributed by atoms with Crippen molar-refractivity contribution in [3.8, 4) is 5.75 Å². The highest BCUT2D eigenvalue weighted by Crippen LogP contribution is 2.28. The van der Waals surface area contributed by atoms with Crippen LogP contribution in [0.1, 0.15) is 18.0 Å². The first-order chi connectivity index (χ1) is 9.20. The number of halogens is 2. The highest BCUT2D eigenvalue weighted by molar-refractivity contribution is 5.29. The van der Waals surface area contributed by atoms with Gasteiger partial charge in [-0.1, -0.05) is 12.1 Å². The molecule has 19 heavy (non-hydrogen) atoms. The van der Waals surface area contributed by atoms with Gasteiger partial charge in [-0.15, -0.1) is 0 Å². The van der Waals surface area contributed by atoms with E-state index in [0.717, 1.165) is 37.5 Å². The van der Waals surface area contributed by atoms with Gasteiger partial charge in [-0.25, -0.2) is 8.78 Å². The molecule has 1 fully saturated rings. The molecule has 2 rings (SSSR count). The predicted molar refractivity (Wildman–Crippen MR) is 70.8 cm³/mol. The Hall–Kier alpha value is -1.20. The van der Waals surface area contributed by atoms with E-state index in [2.05, 4.69) is 10.2 Å². The lowest BCUT2D eigenvalue weighted by Gasteiger charge is -2.35. The standard InChI is InChI=1S/C14H20F2N2O/c1-19-12-4-2-11(3-5-12)13(10-14(15)16)18-8-6-17-7-9-18/h2-5,13-14,17H,6-10H2,1H3/t13-/m1/s1. The lowest BCUT2D eigenvalue weighted by molar-refractivity contribution is 0.0739. The number of piperazine rings is 1. The van der Waals surface area contributed by atoms with Crippen LogP contribution in [0.15, 0.2) is 24.3 Å². The van der Waals surface area contributed by atoms with Crippen LogP contribution in [0.5, 0.6) is 5.75 Å². The predicted octanol–water partition coefficient (Wildman–Crippen LogP) is 2.30. The molecule has 1 atom stereocenters. The van der Waals surface area contributed by atoms with Crippen molar-refractivity contribution in [2.45, 2.75) is 18.9 Å². The second kappa shape index (κ2) is 6.82. The molecule has 5 heteroatoms. The van der Waals surface area contributed by atoms with Gasteiger partial charge in [-0.2, -0.15) is 0 Å². The van der Waals surface area contributed by atoms with Crippen LogP contribution in [0.3, 0.4) is 0 Å². The zero-order chi connectivity index (χ0) is 13.7. The summed E-state index contributed by atoms with van der Waals surface area (Å²) in [5, 5.41) is 3.24. The molecule has 1 saturated heterocycles. The number of nitrogens with zero attached hydrogens (tertiary/aromatic N) is 1. The van der Waals surface area contributed by atoms with Gasteiger partial charge in [0.15, 0.2) is 0 Å². The zero-order valence-corrected chi connectivity index (χ0v) is 11.1. The lowest BCUT2D eigenvalue weighted by atomic mass is 10.0. The van der Waals surface area contributed by atoms with Crippen LogP contribution >= 0.6 is 0 Å². The molecule has 1 aromatic carbocycles. The maximum atomic E-state index is 12.8. The second-order valence-corrected chi connectivity index (χ2v) is 4.70. The number of rotatable bonds is 5. The lowest BCUT2D eigenvalue weighted by Crippen LogP contribution is -2.45. The average Bonchev–Trinajstić information content (AvgIpc) is 2.46. The van der Waals surface area contributed by atoms with Crippen molar-refractivity contribution in [1.29, 1.82) is 0 Å². The third kappa shape index (κ3) is 3.88. The Kier molecular flexibility index (Phi) is 5.10. The van der Waals surface area contributed by atoms with Crippen molar-refractivity contribution in [2.75, 3.05) is 33.3 Å². The van der Waals surface area contributed by atoms with Gasteiger partial charge in [0.05, 0.1) is 7.11 Å². The summed E-state index contributed by atoms with van der Waals surface area (Å²) in [4.78, 5) is 2.13. The molecule has 0 saturated carbocycles. The van der Waals surface area contributed by atoms with Crippen molar-refractivity contribution < 1.29 is 13.5 Å². The van der Waals surface area contributed by atoms with E-state index in [1.807, 2.05) is 24.3 Å². The fraction of sp³-hybridized carbons (Fsp3) is 0.571. The molecule has 1 heterocycles. The van der Waals surface area contributed by atoms with Crippen LogP contribution < -0.4 is 10.1 Å². The average molecular weight is 270 g/mol. The quantitative estimate of drug-likeness (QED) is 0.888. The SMILES string of the molecule is COc1ccc([C@@H](CC(F)F)N2CCNCC2)cc1. The van der Waals surface area contributed by atoms with Gasteiger partial charge >= 0.3 is 0 Å². The minimum Gasteiger partial charge on any atom is -0.497 e. The van der Waals surface area contributed by atoms with E-state index in [1.54, 1.807) is 7.11 Å². The topological polar surface area (TPSA) is 24.5 Å². The van der Waals surface area contributed by atoms with E-state index in [-0.39, 0.29) is 12.5 Å². The Morgan fingerprint density at radius 2 is 1.84 bits per heavy atom. The van der Waals surface area contributed by atoms with Crippen LogP contribution in [-0.2, 0) is 0 Å². The van der Waals surface area contributed by atoms with Crippen LogP contribution in [0.4, 0.5) is 8.78 Å². The van der Waals surface area contributed by atoms with E-state index < -0.39 is 6.43 Å². The van der Waals surface area contributed by atoms with Crippen LogP contribution in [-0.4, -0.2) is 44.6 Å². The molecular weight excluding hydrogens is 250 g/mol. The molecule has 0 aliphatic carbocycles. The molecule has 3 nitrogen and oxygen atoms in total. The van der Waals surface area contributed by atoms with Crippen LogP contribution in [0.25, 0.3) is 0 Å². The van der Waals surface area contributed by atoms with Crippen molar-refractivity contribution in [2.24, 2.45) is 0 Å². The molecule has 1 N–H and O–H groups in total. The number of hydrogen-bond acceptors (Lipinski definition) is 3. The smallest absolute Gasteiger partial charge is 0.240 e. The molecule has 1 aliphatic rings. The Labute approximate surface area is 112 Å². The Morgan fingerprint density at radius 3 is 2.37 bits per heavy atom. The third-order valence-corrected chi connectivity index (χ3v) is 3.49. The summed E-state index contributed by atoms with van der Waals surface area (Å²) >= 11 is 0. The molecular formula is C14H20F2N2O. The van der Waals surface area contributed by atoms with Gasteiger partial charge in [0.1, 0.15) is 5.75 Å². The molecule has 1 aromatic rings. The maximum Gasteiger partial charge on any atom is 0.240 e. The van der Waals surface area contributed by atoms with Crippen molar-refractivity contribution >= 4 is 0 Å². The molecule has 0 aromatic heterocycles. The van der Waals surface area contributed by atoms with E-state index in [0.29, 0.717) is 0 Å². The monoisotopic (exact) mass is 270 g/mol. The molecule has 0 spiro atoms. The summed E-state index contributed by atoms with van der Waals surface area (Å²) < 4.78 is 30.7. The van der Waals surface area contributed by atoms with Gasteiger partial charge in [0.2, 0.25) is 6.43 Å². The normalized spacial score (nSPS) is 18.5. The largest absolute Gasteiger partial charge is 0.497 e. The molecule has 1 aliphatic heterocycles. The third-order valence-electron chi connectivity index (χ3n) is 3.49. The fourth-order valence-electron chi connectivity index (χ4n) is 2.48. The zero-order valence-electron chi connectivity index (χ0n) is 11.1. The first kappa shape index (κ1) is 14.2. The number of alkyl halides is 2. The maximum absolute atomic E-state index is 12.8. The summed E-state index contributed by atoms with van der Waals surface area (Å²) in [6, 6.07) is 7.21. The highest BCUT2D eigenvalue weighted by Gasteiger charge is 2.25. The van der Waals surface area contributed by atoms with Gasteiger partial charge < -0.3 is 10.1 Å². The van der Waals surface area contributed by atoms with Gasteiger partial charge in [-0.3, -0.25) is 4.90 Å². The summed E-state index contributed by atoms with van der Waals surface area (Å²) in [7, 11) is 1.60. The second-order valence-electron chi connectivity index (χ2n) is 4.70. The van der Waals surface area contributed by atoms with E-state index in [4.69, 9.17) is 4.74 Å². The molecule has 0 amide bonds. The summed E-state index contributed by atoms with van der Waals surface area (Å²) in [6.07, 6.45) is -2.41. The van der Waals surface area contributed by atoms with Gasteiger partial charge in [0.25, 0.3) is 0 Å². The van der Waals surface area contributed by atoms with Crippen molar-refractivity contribution in [1.82, 2.24) is 10.2 Å². The molecule has 0 unspecified atom stereocenters. The van der Waals surface area contributed by atoms with E-state index in [1.165, 1.54) is 0 Å². The highest BCUT2D eigenvalue weighted by atomic mass is 19.3. The van der Waals surface area contributed by atoms with Crippen LogP contribution in [0.2, 0.25) is 0 Å². The summed E-state index contributed by atoms with van der Waals surface area (Å²) in [5.74, 6) is 0.750. The first-order valence-electron chi connectivity index (χ1n) is 6.57. The minimum absolute atomic E-state index is 0.119. The Bertz CT molecular complexity index is 378. The number of ether oxygens (including phenoxy) is 1. The minimum atomic E-state index is -2.29. The fourth-order valence-corrected chi connectivity index (χ4v) is 2.48. The van der Waals surface area contributed by atoms with E-state index in [9.17, 15) is 8.78 Å². The van der Waals surface area contributed by atoms with Crippen molar-refractivity contribution in [3.05, 3.63) is 29.8 Å². The molecule has 0 bridgehead atoms. The number of methoxy groups -OCH3 is 1. The Morgan fingerprint density at radius 1 is 1.21 bits per heavy atom. The van der Waals surface area contributed by atoms with Gasteiger partial charge in [-0.05, 0) is 17.7 Å². The number of nitrogens with one attached hydrogen (secondary N) is 1. The number of benzene rings is 1. The Balaban J connectivity index is 2.14. The first-order valence-corrected chi connectivity index (χ1v) is 6.57.